The van der Waals surface area contributed by atoms with Crippen molar-refractivity contribution in [3.05, 3.63) is 35.9 Å². The Labute approximate surface area is 121 Å². The Bertz CT molecular complexity index is 428. The molecule has 20 heavy (non-hydrogen) atoms. The molecule has 0 saturated carbocycles. The molecule has 0 aliphatic heterocycles. The van der Waals surface area contributed by atoms with Crippen LogP contribution in [0.4, 0.5) is 0 Å². The van der Waals surface area contributed by atoms with Crippen LogP contribution in [0.3, 0.4) is 0 Å². The molecular formula is C16H25NO3. The number of rotatable bonds is 9. The lowest BCUT2D eigenvalue weighted by molar-refractivity contribution is 0.238. The van der Waals surface area contributed by atoms with Gasteiger partial charge in [-0.1, -0.05) is 19.6 Å². The highest BCUT2D eigenvalue weighted by Crippen LogP contribution is 2.28. The van der Waals surface area contributed by atoms with Crippen LogP contribution < -0.4 is 14.8 Å². The molecule has 2 N–H and O–H groups in total. The molecule has 0 heterocycles. The number of ether oxygens (including phenoxy) is 2. The van der Waals surface area contributed by atoms with Crippen molar-refractivity contribution in [2.24, 2.45) is 0 Å². The first-order chi connectivity index (χ1) is 9.60. The molecule has 1 rings (SSSR count). The van der Waals surface area contributed by atoms with Gasteiger partial charge in [0.15, 0.2) is 11.5 Å². The van der Waals surface area contributed by atoms with Crippen molar-refractivity contribution in [2.75, 3.05) is 20.3 Å². The van der Waals surface area contributed by atoms with Gasteiger partial charge in [-0.05, 0) is 36.6 Å². The second kappa shape index (κ2) is 8.61. The van der Waals surface area contributed by atoms with E-state index in [2.05, 4.69) is 11.9 Å². The quantitative estimate of drug-likeness (QED) is 0.682. The van der Waals surface area contributed by atoms with Crippen molar-refractivity contribution < 1.29 is 14.6 Å². The molecule has 1 unspecified atom stereocenters. The number of nitrogens with one attached hydrogen (secondary N) is 1. The Hall–Kier alpha value is -1.52. The zero-order valence-electron chi connectivity index (χ0n) is 12.6. The van der Waals surface area contributed by atoms with Crippen LogP contribution in [0.1, 0.15) is 25.8 Å². The Morgan fingerprint density at radius 2 is 2.15 bits per heavy atom. The van der Waals surface area contributed by atoms with E-state index in [-0.39, 0.29) is 12.6 Å². The number of methoxy groups -OCH3 is 1. The lowest BCUT2D eigenvalue weighted by atomic mass is 10.1. The monoisotopic (exact) mass is 279 g/mol. The summed E-state index contributed by atoms with van der Waals surface area (Å²) in [5, 5.41) is 12.5. The lowest BCUT2D eigenvalue weighted by Gasteiger charge is -2.15. The summed E-state index contributed by atoms with van der Waals surface area (Å²) in [6.07, 6.45) is 0.896. The molecule has 0 saturated heterocycles. The van der Waals surface area contributed by atoms with E-state index in [1.807, 2.05) is 32.0 Å². The van der Waals surface area contributed by atoms with Crippen molar-refractivity contribution in [2.45, 2.75) is 32.9 Å². The second-order valence-corrected chi connectivity index (χ2v) is 4.90. The first kappa shape index (κ1) is 16.5. The second-order valence-electron chi connectivity index (χ2n) is 4.90. The van der Waals surface area contributed by atoms with Crippen LogP contribution in [0.25, 0.3) is 0 Å². The summed E-state index contributed by atoms with van der Waals surface area (Å²) in [7, 11) is 1.63. The van der Waals surface area contributed by atoms with Crippen molar-refractivity contribution in [3.8, 4) is 11.5 Å². The zero-order valence-corrected chi connectivity index (χ0v) is 12.6. The van der Waals surface area contributed by atoms with Crippen LogP contribution in [0.5, 0.6) is 11.5 Å². The standard InChI is InChI=1S/C16H25NO3/c1-5-14(10-18)17-9-13-6-7-15(16(8-13)19-4)20-11-12(2)3/h6-8,14,17-18H,2,5,9-11H2,1,3-4H3. The van der Waals surface area contributed by atoms with Crippen LogP contribution in [0.15, 0.2) is 30.4 Å². The number of aliphatic hydroxyl groups is 1. The first-order valence-corrected chi connectivity index (χ1v) is 6.89. The van der Waals surface area contributed by atoms with E-state index in [9.17, 15) is 0 Å². The molecule has 0 aromatic heterocycles. The Kier molecular flexibility index (Phi) is 7.12. The molecule has 4 heteroatoms. The van der Waals surface area contributed by atoms with Crippen molar-refractivity contribution >= 4 is 0 Å². The molecule has 0 spiro atoms. The number of hydrogen-bond donors (Lipinski definition) is 2. The van der Waals surface area contributed by atoms with E-state index < -0.39 is 0 Å². The molecule has 0 fully saturated rings. The molecular weight excluding hydrogens is 254 g/mol. The van der Waals surface area contributed by atoms with Crippen molar-refractivity contribution in [1.82, 2.24) is 5.32 Å². The molecule has 4 nitrogen and oxygen atoms in total. The summed E-state index contributed by atoms with van der Waals surface area (Å²) in [5.41, 5.74) is 2.06. The molecule has 1 aromatic carbocycles. The van der Waals surface area contributed by atoms with Crippen LogP contribution >= 0.6 is 0 Å². The lowest BCUT2D eigenvalue weighted by Crippen LogP contribution is -2.31. The van der Waals surface area contributed by atoms with E-state index >= 15 is 0 Å². The Morgan fingerprint density at radius 1 is 1.40 bits per heavy atom. The summed E-state index contributed by atoms with van der Waals surface area (Å²) in [6, 6.07) is 5.97. The van der Waals surface area contributed by atoms with Gasteiger partial charge in [-0.15, -0.1) is 0 Å². The summed E-state index contributed by atoms with van der Waals surface area (Å²) < 4.78 is 11.0. The van der Waals surface area contributed by atoms with Gasteiger partial charge in [0.05, 0.1) is 13.7 Å². The molecule has 1 atom stereocenters. The fourth-order valence-electron chi connectivity index (χ4n) is 1.74. The molecule has 0 aliphatic rings. The fourth-order valence-corrected chi connectivity index (χ4v) is 1.74. The van der Waals surface area contributed by atoms with Crippen LogP contribution in [-0.2, 0) is 6.54 Å². The number of benzene rings is 1. The van der Waals surface area contributed by atoms with E-state index in [4.69, 9.17) is 14.6 Å². The van der Waals surface area contributed by atoms with Crippen molar-refractivity contribution in [3.63, 3.8) is 0 Å². The molecule has 112 valence electrons. The normalized spacial score (nSPS) is 12.0. The Morgan fingerprint density at radius 3 is 2.70 bits per heavy atom. The summed E-state index contributed by atoms with van der Waals surface area (Å²) in [4.78, 5) is 0. The molecule has 0 amide bonds. The maximum absolute atomic E-state index is 9.16. The summed E-state index contributed by atoms with van der Waals surface area (Å²) in [6.45, 7) is 9.10. The third-order valence-electron chi connectivity index (χ3n) is 3.01. The van der Waals surface area contributed by atoms with Gasteiger partial charge in [-0.2, -0.15) is 0 Å². The minimum Gasteiger partial charge on any atom is -0.493 e. The smallest absolute Gasteiger partial charge is 0.161 e. The topological polar surface area (TPSA) is 50.7 Å². The Balaban J connectivity index is 2.68. The minimum atomic E-state index is 0.125. The van der Waals surface area contributed by atoms with Crippen molar-refractivity contribution in [1.29, 1.82) is 0 Å². The fraction of sp³-hybridized carbons (Fsp3) is 0.500. The highest BCUT2D eigenvalue weighted by atomic mass is 16.5. The van der Waals surface area contributed by atoms with E-state index in [0.29, 0.717) is 24.7 Å². The van der Waals surface area contributed by atoms with Gasteiger partial charge in [0.1, 0.15) is 6.61 Å². The average molecular weight is 279 g/mol. The van der Waals surface area contributed by atoms with E-state index in [0.717, 1.165) is 17.6 Å². The van der Waals surface area contributed by atoms with Gasteiger partial charge in [-0.3, -0.25) is 0 Å². The maximum Gasteiger partial charge on any atom is 0.161 e. The predicted octanol–water partition coefficient (Wildman–Crippen LogP) is 2.51. The molecule has 0 radical (unpaired) electrons. The van der Waals surface area contributed by atoms with Gasteiger partial charge in [0.2, 0.25) is 0 Å². The van der Waals surface area contributed by atoms with Gasteiger partial charge in [0.25, 0.3) is 0 Å². The highest BCUT2D eigenvalue weighted by molar-refractivity contribution is 5.43. The molecule has 1 aromatic rings. The third-order valence-corrected chi connectivity index (χ3v) is 3.01. The largest absolute Gasteiger partial charge is 0.493 e. The van der Waals surface area contributed by atoms with Crippen LogP contribution in [0, 0.1) is 0 Å². The van der Waals surface area contributed by atoms with Crippen LogP contribution in [-0.4, -0.2) is 31.5 Å². The molecule has 0 aliphatic carbocycles. The van der Waals surface area contributed by atoms with Gasteiger partial charge in [0, 0.05) is 12.6 Å². The van der Waals surface area contributed by atoms with E-state index in [1.165, 1.54) is 0 Å². The summed E-state index contributed by atoms with van der Waals surface area (Å²) >= 11 is 0. The minimum absolute atomic E-state index is 0.125. The SMILES string of the molecule is C=C(C)COc1ccc(CNC(CC)CO)cc1OC. The summed E-state index contributed by atoms with van der Waals surface area (Å²) in [5.74, 6) is 1.43. The van der Waals surface area contributed by atoms with E-state index in [1.54, 1.807) is 7.11 Å². The number of hydrogen-bond acceptors (Lipinski definition) is 4. The van der Waals surface area contributed by atoms with Gasteiger partial charge >= 0.3 is 0 Å². The predicted molar refractivity (Wildman–Crippen MR) is 81.3 cm³/mol. The number of aliphatic hydroxyl groups excluding tert-OH is 1. The molecule has 0 bridgehead atoms. The zero-order chi connectivity index (χ0) is 15.0. The maximum atomic E-state index is 9.16. The first-order valence-electron chi connectivity index (χ1n) is 6.89. The third kappa shape index (κ3) is 5.23. The average Bonchev–Trinajstić information content (AvgIpc) is 2.46. The van der Waals surface area contributed by atoms with Crippen LogP contribution in [0.2, 0.25) is 0 Å². The van der Waals surface area contributed by atoms with Gasteiger partial charge in [-0.25, -0.2) is 0 Å². The highest BCUT2D eigenvalue weighted by Gasteiger charge is 2.08. The van der Waals surface area contributed by atoms with Gasteiger partial charge < -0.3 is 19.9 Å².